The van der Waals surface area contributed by atoms with Crippen LogP contribution in [0.25, 0.3) is 0 Å². The number of amides is 1. The normalized spacial score (nSPS) is 16.1. The third-order valence-corrected chi connectivity index (χ3v) is 3.70. The summed E-state index contributed by atoms with van der Waals surface area (Å²) in [5.41, 5.74) is 3.67. The number of anilines is 1. The molecule has 1 atom stereocenters. The average molecular weight is 280 g/mol. The number of hydrogen-bond acceptors (Lipinski definition) is 1. The topological polar surface area (TPSA) is 20.3 Å². The number of carbonyl (C=O) groups is 1. The molecule has 1 aliphatic rings. The molecule has 1 amide bonds. The average Bonchev–Trinajstić information content (AvgIpc) is 2.37. The molecule has 3 heteroatoms. The van der Waals surface area contributed by atoms with Crippen LogP contribution in [0.5, 0.6) is 0 Å². The van der Waals surface area contributed by atoms with E-state index < -0.39 is 0 Å². The van der Waals surface area contributed by atoms with Crippen molar-refractivity contribution in [3.63, 3.8) is 0 Å². The number of fused-ring (bicyclic) bond motifs is 1. The lowest BCUT2D eigenvalue weighted by molar-refractivity contribution is -0.118. The minimum absolute atomic E-state index is 0.152. The van der Waals surface area contributed by atoms with Gasteiger partial charge in [0.25, 0.3) is 0 Å². The summed E-state index contributed by atoms with van der Waals surface area (Å²) in [6.07, 6.45) is 4.56. The van der Waals surface area contributed by atoms with E-state index in [1.807, 2.05) is 18.7 Å². The Hall–Kier alpha value is -1.02. The summed E-state index contributed by atoms with van der Waals surface area (Å²) >= 11 is 6.05. The minimum Gasteiger partial charge on any atom is -0.312 e. The van der Waals surface area contributed by atoms with Gasteiger partial charge in [0.05, 0.1) is 0 Å². The van der Waals surface area contributed by atoms with Gasteiger partial charge < -0.3 is 4.90 Å². The summed E-state index contributed by atoms with van der Waals surface area (Å²) in [4.78, 5) is 14.1. The molecule has 2 nitrogen and oxygen atoms in total. The van der Waals surface area contributed by atoms with Gasteiger partial charge in [-0.1, -0.05) is 19.1 Å². The molecule has 1 aromatic carbocycles. The van der Waals surface area contributed by atoms with E-state index in [4.69, 9.17) is 11.6 Å². The molecule has 0 radical (unpaired) electrons. The van der Waals surface area contributed by atoms with Crippen molar-refractivity contribution in [2.75, 3.05) is 11.4 Å². The molecule has 0 aromatic heterocycles. The first-order valence-electron chi connectivity index (χ1n) is 7.18. The van der Waals surface area contributed by atoms with Crippen molar-refractivity contribution >= 4 is 23.2 Å². The van der Waals surface area contributed by atoms with Crippen LogP contribution in [-0.4, -0.2) is 17.8 Å². The van der Waals surface area contributed by atoms with Crippen molar-refractivity contribution in [2.24, 2.45) is 0 Å². The van der Waals surface area contributed by atoms with Gasteiger partial charge in [-0.05, 0) is 49.8 Å². The van der Waals surface area contributed by atoms with Gasteiger partial charge in [0.2, 0.25) is 5.91 Å². The lowest BCUT2D eigenvalue weighted by Gasteiger charge is -2.30. The highest BCUT2D eigenvalue weighted by atomic mass is 35.5. The molecule has 104 valence electrons. The summed E-state index contributed by atoms with van der Waals surface area (Å²) in [5.74, 6) is 0.252. The maximum atomic E-state index is 12.1. The van der Waals surface area contributed by atoms with Gasteiger partial charge in [0.1, 0.15) is 0 Å². The summed E-state index contributed by atoms with van der Waals surface area (Å²) in [5, 5.41) is 0.152. The molecule has 0 bridgehead atoms. The van der Waals surface area contributed by atoms with Crippen LogP contribution < -0.4 is 4.90 Å². The van der Waals surface area contributed by atoms with Crippen LogP contribution >= 0.6 is 11.6 Å². The Labute approximate surface area is 120 Å². The van der Waals surface area contributed by atoms with Crippen molar-refractivity contribution in [3.8, 4) is 0 Å². The zero-order valence-electron chi connectivity index (χ0n) is 11.8. The smallest absolute Gasteiger partial charge is 0.226 e. The zero-order chi connectivity index (χ0) is 13.8. The monoisotopic (exact) mass is 279 g/mol. The van der Waals surface area contributed by atoms with E-state index in [1.54, 1.807) is 0 Å². The van der Waals surface area contributed by atoms with Gasteiger partial charge >= 0.3 is 0 Å². The highest BCUT2D eigenvalue weighted by Gasteiger charge is 2.21. The van der Waals surface area contributed by atoms with Crippen LogP contribution in [-0.2, 0) is 17.6 Å². The highest BCUT2D eigenvalue weighted by Crippen LogP contribution is 2.29. The minimum atomic E-state index is 0.152. The van der Waals surface area contributed by atoms with Gasteiger partial charge in [0, 0.05) is 24.0 Å². The molecule has 0 fully saturated rings. The van der Waals surface area contributed by atoms with E-state index in [1.165, 1.54) is 11.1 Å². The molecule has 1 aromatic rings. The van der Waals surface area contributed by atoms with Crippen LogP contribution in [0.1, 0.15) is 44.2 Å². The summed E-state index contributed by atoms with van der Waals surface area (Å²) in [7, 11) is 0. The van der Waals surface area contributed by atoms with Gasteiger partial charge in [-0.3, -0.25) is 4.79 Å². The fraction of sp³-hybridized carbons (Fsp3) is 0.562. The standard InChI is InChI=1S/C16H22ClNO/c1-3-5-16(19)18-9-4-6-14-11-13(10-12(2)17)7-8-15(14)18/h7-8,11-12H,3-6,9-10H2,1-2H3. The zero-order valence-corrected chi connectivity index (χ0v) is 12.5. The number of carbonyl (C=O) groups excluding carboxylic acids is 1. The molecule has 2 rings (SSSR count). The fourth-order valence-electron chi connectivity index (χ4n) is 2.71. The Morgan fingerprint density at radius 1 is 1.47 bits per heavy atom. The molecule has 1 unspecified atom stereocenters. The summed E-state index contributed by atoms with van der Waals surface area (Å²) in [6, 6.07) is 6.42. The maximum absolute atomic E-state index is 12.1. The first kappa shape index (κ1) is 14.4. The number of benzene rings is 1. The Morgan fingerprint density at radius 2 is 2.26 bits per heavy atom. The van der Waals surface area contributed by atoms with Crippen molar-refractivity contribution in [2.45, 2.75) is 51.3 Å². The predicted octanol–water partition coefficient (Wildman–Crippen LogP) is 3.94. The first-order valence-corrected chi connectivity index (χ1v) is 7.61. The van der Waals surface area contributed by atoms with Crippen molar-refractivity contribution in [3.05, 3.63) is 29.3 Å². The molecule has 1 aliphatic heterocycles. The van der Waals surface area contributed by atoms with Crippen LogP contribution in [0.15, 0.2) is 18.2 Å². The molecule has 19 heavy (non-hydrogen) atoms. The quantitative estimate of drug-likeness (QED) is 0.765. The molecule has 0 saturated heterocycles. The van der Waals surface area contributed by atoms with Gasteiger partial charge in [-0.25, -0.2) is 0 Å². The van der Waals surface area contributed by atoms with E-state index in [2.05, 4.69) is 18.2 Å². The fourth-order valence-corrected chi connectivity index (χ4v) is 2.89. The second kappa shape index (κ2) is 6.42. The molecular weight excluding hydrogens is 258 g/mol. The van der Waals surface area contributed by atoms with Crippen molar-refractivity contribution in [1.82, 2.24) is 0 Å². The lowest BCUT2D eigenvalue weighted by Crippen LogP contribution is -2.35. The summed E-state index contributed by atoms with van der Waals surface area (Å²) < 4.78 is 0. The number of nitrogens with zero attached hydrogens (tertiary/aromatic N) is 1. The van der Waals surface area contributed by atoms with Crippen molar-refractivity contribution in [1.29, 1.82) is 0 Å². The largest absolute Gasteiger partial charge is 0.312 e. The van der Waals surface area contributed by atoms with Crippen LogP contribution in [0, 0.1) is 0 Å². The van der Waals surface area contributed by atoms with Crippen LogP contribution in [0.3, 0.4) is 0 Å². The molecule has 0 spiro atoms. The second-order valence-electron chi connectivity index (χ2n) is 5.35. The Balaban J connectivity index is 2.23. The molecular formula is C16H22ClNO. The van der Waals surface area contributed by atoms with Crippen LogP contribution in [0.2, 0.25) is 0 Å². The molecule has 0 saturated carbocycles. The number of aryl methyl sites for hydroxylation is 1. The number of halogens is 1. The van der Waals surface area contributed by atoms with E-state index in [0.29, 0.717) is 6.42 Å². The van der Waals surface area contributed by atoms with E-state index in [0.717, 1.165) is 37.9 Å². The third kappa shape index (κ3) is 3.50. The Kier molecular flexibility index (Phi) is 4.87. The lowest BCUT2D eigenvalue weighted by atomic mass is 9.97. The number of rotatable bonds is 4. The number of hydrogen-bond donors (Lipinski definition) is 0. The van der Waals surface area contributed by atoms with Gasteiger partial charge in [0.15, 0.2) is 0 Å². The molecule has 0 aliphatic carbocycles. The molecule has 1 heterocycles. The Morgan fingerprint density at radius 3 is 2.95 bits per heavy atom. The van der Waals surface area contributed by atoms with E-state index in [9.17, 15) is 4.79 Å². The van der Waals surface area contributed by atoms with Crippen LogP contribution in [0.4, 0.5) is 5.69 Å². The van der Waals surface area contributed by atoms with Gasteiger partial charge in [-0.15, -0.1) is 11.6 Å². The van der Waals surface area contributed by atoms with Gasteiger partial charge in [-0.2, -0.15) is 0 Å². The highest BCUT2D eigenvalue weighted by molar-refractivity contribution is 6.20. The van der Waals surface area contributed by atoms with E-state index >= 15 is 0 Å². The SMILES string of the molecule is CCCC(=O)N1CCCc2cc(CC(C)Cl)ccc21. The van der Waals surface area contributed by atoms with Crippen molar-refractivity contribution < 1.29 is 4.79 Å². The first-order chi connectivity index (χ1) is 9.11. The van der Waals surface area contributed by atoms with E-state index in [-0.39, 0.29) is 11.3 Å². The molecule has 0 N–H and O–H groups in total. The second-order valence-corrected chi connectivity index (χ2v) is 6.09. The third-order valence-electron chi connectivity index (χ3n) is 3.54. The Bertz CT molecular complexity index is 456. The predicted molar refractivity (Wildman–Crippen MR) is 81.0 cm³/mol. The maximum Gasteiger partial charge on any atom is 0.226 e. The summed E-state index contributed by atoms with van der Waals surface area (Å²) in [6.45, 7) is 4.92. The number of alkyl halides is 1.